The third-order valence-electron chi connectivity index (χ3n) is 4.84. The summed E-state index contributed by atoms with van der Waals surface area (Å²) in [6, 6.07) is 13.1. The second-order valence-electron chi connectivity index (χ2n) is 7.24. The molecule has 0 aliphatic carbocycles. The highest BCUT2D eigenvalue weighted by Crippen LogP contribution is 2.31. The number of hydrogen-bond acceptors (Lipinski definition) is 5. The number of aromatic carboxylic acids is 1. The van der Waals surface area contributed by atoms with Crippen molar-refractivity contribution in [3.63, 3.8) is 0 Å². The van der Waals surface area contributed by atoms with Crippen molar-refractivity contribution >= 4 is 33.1 Å². The number of sulfonamides is 1. The number of hydrogen-bond donors (Lipinski definition) is 2. The molecule has 1 aliphatic heterocycles. The number of carboxylic acids is 1. The van der Waals surface area contributed by atoms with E-state index >= 15 is 0 Å². The lowest BCUT2D eigenvalue weighted by atomic mass is 10.1. The fraction of sp³-hybridized carbons (Fsp3) is 0.350. The van der Waals surface area contributed by atoms with Gasteiger partial charge in [0.2, 0.25) is 10.0 Å². The maximum absolute atomic E-state index is 11.8. The molecule has 28 heavy (non-hydrogen) atoms. The highest BCUT2D eigenvalue weighted by atomic mass is 32.2. The van der Waals surface area contributed by atoms with Gasteiger partial charge in [-0.15, -0.1) is 0 Å². The molecule has 8 heteroatoms. The van der Waals surface area contributed by atoms with Crippen molar-refractivity contribution in [1.82, 2.24) is 0 Å². The molecule has 0 saturated carbocycles. The topological polar surface area (TPSA) is 89.9 Å². The molecule has 1 aliphatic rings. The van der Waals surface area contributed by atoms with E-state index in [0.717, 1.165) is 12.8 Å². The van der Waals surface area contributed by atoms with E-state index in [2.05, 4.69) is 46.6 Å². The first kappa shape index (κ1) is 20.0. The first-order chi connectivity index (χ1) is 13.1. The number of anilines is 3. The highest BCUT2D eigenvalue weighted by Gasteiger charge is 2.26. The second kappa shape index (κ2) is 7.71. The minimum atomic E-state index is -3.53. The van der Waals surface area contributed by atoms with Gasteiger partial charge in [0.25, 0.3) is 0 Å². The van der Waals surface area contributed by atoms with Crippen molar-refractivity contribution in [2.45, 2.75) is 19.9 Å². The Labute approximate surface area is 165 Å². The quantitative estimate of drug-likeness (QED) is 0.798. The highest BCUT2D eigenvalue weighted by molar-refractivity contribution is 7.92. The maximum atomic E-state index is 11.8. The van der Waals surface area contributed by atoms with Gasteiger partial charge in [-0.05, 0) is 49.7 Å². The van der Waals surface area contributed by atoms with Gasteiger partial charge in [0.1, 0.15) is 0 Å². The van der Waals surface area contributed by atoms with Crippen molar-refractivity contribution < 1.29 is 18.3 Å². The van der Waals surface area contributed by atoms with Crippen LogP contribution in [0.3, 0.4) is 0 Å². The van der Waals surface area contributed by atoms with Crippen LogP contribution in [0.4, 0.5) is 17.1 Å². The van der Waals surface area contributed by atoms with E-state index in [9.17, 15) is 18.3 Å². The number of benzene rings is 2. The van der Waals surface area contributed by atoms with Crippen molar-refractivity contribution in [1.29, 1.82) is 0 Å². The molecule has 2 N–H and O–H groups in total. The molecule has 150 valence electrons. The number of carbonyl (C=O) groups is 1. The molecule has 0 radical (unpaired) electrons. The Kier molecular flexibility index (Phi) is 5.51. The summed E-state index contributed by atoms with van der Waals surface area (Å²) in [6.07, 6.45) is 1.06. The molecule has 1 saturated heterocycles. The van der Waals surface area contributed by atoms with E-state index < -0.39 is 16.0 Å². The monoisotopic (exact) mass is 403 g/mol. The van der Waals surface area contributed by atoms with Crippen LogP contribution in [0.2, 0.25) is 0 Å². The lowest BCUT2D eigenvalue weighted by Gasteiger charge is -2.43. The van der Waals surface area contributed by atoms with Crippen LogP contribution in [0, 0.1) is 6.92 Å². The summed E-state index contributed by atoms with van der Waals surface area (Å²) < 4.78 is 26.0. The first-order valence-corrected chi connectivity index (χ1v) is 11.0. The average Bonchev–Trinajstić information content (AvgIpc) is 2.60. The molecule has 7 nitrogen and oxygen atoms in total. The van der Waals surface area contributed by atoms with E-state index in [1.807, 2.05) is 6.07 Å². The second-order valence-corrected chi connectivity index (χ2v) is 8.99. The van der Waals surface area contributed by atoms with Crippen molar-refractivity contribution in [2.75, 3.05) is 40.4 Å². The smallest absolute Gasteiger partial charge is 0.335 e. The van der Waals surface area contributed by atoms with Crippen LogP contribution < -0.4 is 14.5 Å². The zero-order valence-corrected chi connectivity index (χ0v) is 17.0. The Morgan fingerprint density at radius 2 is 1.93 bits per heavy atom. The van der Waals surface area contributed by atoms with Crippen LogP contribution in [0.1, 0.15) is 22.8 Å². The van der Waals surface area contributed by atoms with E-state index in [4.69, 9.17) is 0 Å². The molecule has 1 unspecified atom stereocenters. The minimum absolute atomic E-state index is 0.0429. The molecular weight excluding hydrogens is 378 g/mol. The molecule has 0 spiro atoms. The predicted octanol–water partition coefficient (Wildman–Crippen LogP) is 2.78. The van der Waals surface area contributed by atoms with Crippen LogP contribution >= 0.6 is 0 Å². The molecular formula is C20H25N3O4S. The molecule has 3 rings (SSSR count). The van der Waals surface area contributed by atoms with Crippen LogP contribution in [0.25, 0.3) is 0 Å². The van der Waals surface area contributed by atoms with Crippen LogP contribution in [-0.2, 0) is 10.0 Å². The summed E-state index contributed by atoms with van der Waals surface area (Å²) in [6.45, 7) is 6.37. The SMILES string of the molecule is Cc1cccc(N2CCN(c3ccc(C(=O)O)cc3NS(C)(=O)=O)CC2C)c1. The van der Waals surface area contributed by atoms with Gasteiger partial charge in [-0.2, -0.15) is 0 Å². The van der Waals surface area contributed by atoms with Gasteiger partial charge in [0, 0.05) is 31.4 Å². The average molecular weight is 404 g/mol. The number of nitrogens with one attached hydrogen (secondary N) is 1. The molecule has 2 aromatic rings. The molecule has 1 heterocycles. The third-order valence-corrected chi connectivity index (χ3v) is 5.43. The van der Waals surface area contributed by atoms with Crippen LogP contribution in [0.5, 0.6) is 0 Å². The molecule has 2 aromatic carbocycles. The number of rotatable bonds is 5. The standard InChI is InChI=1S/C20H25N3O4S/c1-14-5-4-6-17(11-14)23-10-9-22(13-15(23)2)19-8-7-16(20(24)25)12-18(19)21-28(3,26)27/h4-8,11-12,15,21H,9-10,13H2,1-3H3,(H,24,25). The van der Waals surface area contributed by atoms with Gasteiger partial charge in [-0.3, -0.25) is 4.72 Å². The fourth-order valence-corrected chi connectivity index (χ4v) is 4.16. The fourth-order valence-electron chi connectivity index (χ4n) is 3.59. The summed E-state index contributed by atoms with van der Waals surface area (Å²) in [5, 5.41) is 9.24. The van der Waals surface area contributed by atoms with Gasteiger partial charge in [-0.1, -0.05) is 12.1 Å². The number of carboxylic acid groups (broad SMARTS) is 1. The van der Waals surface area contributed by atoms with E-state index in [0.29, 0.717) is 24.5 Å². The van der Waals surface area contributed by atoms with E-state index in [1.165, 1.54) is 23.4 Å². The van der Waals surface area contributed by atoms with Crippen molar-refractivity contribution in [3.05, 3.63) is 53.6 Å². The largest absolute Gasteiger partial charge is 0.478 e. The molecule has 0 bridgehead atoms. The molecule has 0 amide bonds. The predicted molar refractivity (Wildman–Crippen MR) is 112 cm³/mol. The third kappa shape index (κ3) is 4.56. The normalized spacial score (nSPS) is 17.5. The molecule has 1 atom stereocenters. The Bertz CT molecular complexity index is 991. The van der Waals surface area contributed by atoms with Gasteiger partial charge in [-0.25, -0.2) is 13.2 Å². The summed E-state index contributed by atoms with van der Waals surface area (Å²) in [5.74, 6) is -1.10. The lowest BCUT2D eigenvalue weighted by molar-refractivity contribution is 0.0697. The summed E-state index contributed by atoms with van der Waals surface area (Å²) in [5.41, 5.74) is 3.39. The number of piperazine rings is 1. The van der Waals surface area contributed by atoms with Crippen LogP contribution in [0.15, 0.2) is 42.5 Å². The van der Waals surface area contributed by atoms with Gasteiger partial charge in [0.05, 0.1) is 23.2 Å². The summed E-state index contributed by atoms with van der Waals surface area (Å²) in [4.78, 5) is 15.7. The Balaban J connectivity index is 1.87. The first-order valence-electron chi connectivity index (χ1n) is 9.07. The molecule has 0 aromatic heterocycles. The van der Waals surface area contributed by atoms with Crippen LogP contribution in [-0.4, -0.2) is 51.4 Å². The lowest BCUT2D eigenvalue weighted by Crippen LogP contribution is -2.52. The summed E-state index contributed by atoms with van der Waals surface area (Å²) in [7, 11) is -3.53. The zero-order chi connectivity index (χ0) is 20.5. The van der Waals surface area contributed by atoms with E-state index in [-0.39, 0.29) is 11.6 Å². The van der Waals surface area contributed by atoms with Crippen molar-refractivity contribution in [2.24, 2.45) is 0 Å². The Hall–Kier alpha value is -2.74. The number of aryl methyl sites for hydroxylation is 1. The van der Waals surface area contributed by atoms with Gasteiger partial charge in [0.15, 0.2) is 0 Å². The Morgan fingerprint density at radius 1 is 1.18 bits per heavy atom. The maximum Gasteiger partial charge on any atom is 0.335 e. The zero-order valence-electron chi connectivity index (χ0n) is 16.2. The van der Waals surface area contributed by atoms with Crippen molar-refractivity contribution in [3.8, 4) is 0 Å². The molecule has 1 fully saturated rings. The van der Waals surface area contributed by atoms with Gasteiger partial charge < -0.3 is 14.9 Å². The van der Waals surface area contributed by atoms with E-state index in [1.54, 1.807) is 6.07 Å². The Morgan fingerprint density at radius 3 is 2.54 bits per heavy atom. The summed E-state index contributed by atoms with van der Waals surface area (Å²) >= 11 is 0. The number of nitrogens with zero attached hydrogens (tertiary/aromatic N) is 2. The minimum Gasteiger partial charge on any atom is -0.478 e. The van der Waals surface area contributed by atoms with Gasteiger partial charge >= 0.3 is 5.97 Å².